The molecule has 2 atom stereocenters. The average molecular weight is 271 g/mol. The standard InChI is InChI=1S/C12H21N3O2S/c1-9(4-5-13)2-3-11-14-12(15-17-11)10-8-18-7-6-16-10/h9-10H,2-8,13H2,1H3. The SMILES string of the molecule is CC(CCN)CCc1nc(C2CSCCO2)no1. The number of rotatable bonds is 6. The van der Waals surface area contributed by atoms with E-state index < -0.39 is 0 Å². The topological polar surface area (TPSA) is 74.2 Å². The van der Waals surface area contributed by atoms with Crippen LogP contribution in [0.2, 0.25) is 0 Å². The van der Waals surface area contributed by atoms with Gasteiger partial charge in [-0.3, -0.25) is 0 Å². The van der Waals surface area contributed by atoms with Crippen LogP contribution in [-0.2, 0) is 11.2 Å². The predicted molar refractivity (Wildman–Crippen MR) is 71.5 cm³/mol. The van der Waals surface area contributed by atoms with E-state index in [-0.39, 0.29) is 6.10 Å². The van der Waals surface area contributed by atoms with E-state index in [0.717, 1.165) is 43.9 Å². The van der Waals surface area contributed by atoms with Gasteiger partial charge >= 0.3 is 0 Å². The number of aromatic nitrogens is 2. The Morgan fingerprint density at radius 1 is 1.50 bits per heavy atom. The Labute approximate surface area is 112 Å². The van der Waals surface area contributed by atoms with Crippen molar-refractivity contribution < 1.29 is 9.26 Å². The van der Waals surface area contributed by atoms with Gasteiger partial charge in [-0.05, 0) is 25.3 Å². The number of aryl methyl sites for hydroxylation is 1. The second-order valence-corrected chi connectivity index (χ2v) is 5.85. The molecule has 1 aliphatic heterocycles. The van der Waals surface area contributed by atoms with Crippen LogP contribution in [0.25, 0.3) is 0 Å². The number of thioether (sulfide) groups is 1. The van der Waals surface area contributed by atoms with Gasteiger partial charge in [-0.15, -0.1) is 0 Å². The summed E-state index contributed by atoms with van der Waals surface area (Å²) in [5.74, 6) is 3.99. The molecule has 0 aliphatic carbocycles. The molecule has 2 unspecified atom stereocenters. The maximum Gasteiger partial charge on any atom is 0.226 e. The third-order valence-corrected chi connectivity index (χ3v) is 4.09. The molecule has 0 bridgehead atoms. The van der Waals surface area contributed by atoms with Gasteiger partial charge in [0, 0.05) is 17.9 Å². The molecule has 1 fully saturated rings. The molecule has 2 rings (SSSR count). The second-order valence-electron chi connectivity index (χ2n) is 4.70. The molecule has 5 nitrogen and oxygen atoms in total. The second kappa shape index (κ2) is 7.11. The number of nitrogens with zero attached hydrogens (tertiary/aromatic N) is 2. The summed E-state index contributed by atoms with van der Waals surface area (Å²) >= 11 is 1.87. The van der Waals surface area contributed by atoms with Gasteiger partial charge in [-0.1, -0.05) is 12.1 Å². The van der Waals surface area contributed by atoms with Crippen LogP contribution in [0.1, 0.15) is 37.6 Å². The lowest BCUT2D eigenvalue weighted by Gasteiger charge is -2.18. The van der Waals surface area contributed by atoms with Gasteiger partial charge in [0.1, 0.15) is 6.10 Å². The lowest BCUT2D eigenvalue weighted by molar-refractivity contribution is 0.0677. The van der Waals surface area contributed by atoms with Crippen LogP contribution in [0.5, 0.6) is 0 Å². The van der Waals surface area contributed by atoms with Crippen LogP contribution in [-0.4, -0.2) is 34.8 Å². The first-order chi connectivity index (χ1) is 8.79. The van der Waals surface area contributed by atoms with Crippen LogP contribution in [0.3, 0.4) is 0 Å². The molecule has 0 saturated carbocycles. The summed E-state index contributed by atoms with van der Waals surface area (Å²) < 4.78 is 10.9. The Morgan fingerprint density at radius 3 is 3.11 bits per heavy atom. The average Bonchev–Trinajstić information content (AvgIpc) is 2.87. The highest BCUT2D eigenvalue weighted by molar-refractivity contribution is 7.99. The summed E-state index contributed by atoms with van der Waals surface area (Å²) in [5, 5.41) is 4.01. The van der Waals surface area contributed by atoms with Crippen LogP contribution in [0, 0.1) is 5.92 Å². The van der Waals surface area contributed by atoms with Crippen molar-refractivity contribution in [3.8, 4) is 0 Å². The van der Waals surface area contributed by atoms with Crippen molar-refractivity contribution in [1.29, 1.82) is 0 Å². The van der Waals surface area contributed by atoms with Crippen molar-refractivity contribution in [1.82, 2.24) is 10.1 Å². The zero-order valence-corrected chi connectivity index (χ0v) is 11.6. The Kier molecular flexibility index (Phi) is 5.46. The first kappa shape index (κ1) is 13.8. The Morgan fingerprint density at radius 2 is 2.39 bits per heavy atom. The summed E-state index contributed by atoms with van der Waals surface area (Å²) in [6.45, 7) is 3.71. The number of ether oxygens (including phenoxy) is 1. The first-order valence-corrected chi connectivity index (χ1v) is 7.67. The van der Waals surface area contributed by atoms with Crippen molar-refractivity contribution in [3.05, 3.63) is 11.7 Å². The minimum absolute atomic E-state index is 0.00251. The van der Waals surface area contributed by atoms with Crippen molar-refractivity contribution in [3.63, 3.8) is 0 Å². The van der Waals surface area contributed by atoms with E-state index in [2.05, 4.69) is 17.1 Å². The van der Waals surface area contributed by atoms with Gasteiger partial charge < -0.3 is 15.0 Å². The molecule has 2 heterocycles. The molecule has 0 aromatic carbocycles. The van der Waals surface area contributed by atoms with E-state index in [9.17, 15) is 0 Å². The maximum atomic E-state index is 5.62. The van der Waals surface area contributed by atoms with Gasteiger partial charge in [0.15, 0.2) is 0 Å². The molecule has 2 N–H and O–H groups in total. The van der Waals surface area contributed by atoms with Crippen LogP contribution < -0.4 is 5.73 Å². The third-order valence-electron chi connectivity index (χ3n) is 3.10. The lowest BCUT2D eigenvalue weighted by atomic mass is 10.0. The zero-order chi connectivity index (χ0) is 12.8. The van der Waals surface area contributed by atoms with Crippen molar-refractivity contribution in [2.75, 3.05) is 24.7 Å². The zero-order valence-electron chi connectivity index (χ0n) is 10.8. The number of hydrogen-bond acceptors (Lipinski definition) is 6. The van der Waals surface area contributed by atoms with Gasteiger partial charge in [0.05, 0.1) is 6.61 Å². The summed E-state index contributed by atoms with van der Waals surface area (Å²) in [6.07, 6.45) is 2.92. The third kappa shape index (κ3) is 3.96. The molecule has 0 amide bonds. The van der Waals surface area contributed by atoms with Gasteiger partial charge in [-0.25, -0.2) is 0 Å². The van der Waals surface area contributed by atoms with Crippen LogP contribution in [0.15, 0.2) is 4.52 Å². The fourth-order valence-electron chi connectivity index (χ4n) is 1.94. The van der Waals surface area contributed by atoms with Crippen LogP contribution in [0.4, 0.5) is 0 Å². The monoisotopic (exact) mass is 271 g/mol. The Hall–Kier alpha value is -0.590. The van der Waals surface area contributed by atoms with Gasteiger partial charge in [-0.2, -0.15) is 16.7 Å². The maximum absolute atomic E-state index is 5.62. The quantitative estimate of drug-likeness (QED) is 0.850. The number of nitrogens with two attached hydrogens (primary N) is 1. The van der Waals surface area contributed by atoms with E-state index in [0.29, 0.717) is 17.6 Å². The minimum atomic E-state index is 0.00251. The smallest absolute Gasteiger partial charge is 0.226 e. The molecule has 1 aromatic heterocycles. The summed E-state index contributed by atoms with van der Waals surface area (Å²) in [6, 6.07) is 0. The molecule has 18 heavy (non-hydrogen) atoms. The van der Waals surface area contributed by atoms with E-state index in [1.165, 1.54) is 0 Å². The fourth-order valence-corrected chi connectivity index (χ4v) is 2.78. The fraction of sp³-hybridized carbons (Fsp3) is 0.833. The molecule has 0 spiro atoms. The minimum Gasteiger partial charge on any atom is -0.368 e. The normalized spacial score (nSPS) is 22.0. The van der Waals surface area contributed by atoms with E-state index in [1.807, 2.05) is 11.8 Å². The molecular weight excluding hydrogens is 250 g/mol. The predicted octanol–water partition coefficient (Wildman–Crippen LogP) is 1.79. The highest BCUT2D eigenvalue weighted by Crippen LogP contribution is 2.24. The Balaban J connectivity index is 1.82. The molecule has 6 heteroatoms. The van der Waals surface area contributed by atoms with Crippen molar-refractivity contribution in [2.24, 2.45) is 11.7 Å². The summed E-state index contributed by atoms with van der Waals surface area (Å²) in [5.41, 5.74) is 5.53. The lowest BCUT2D eigenvalue weighted by Crippen LogP contribution is -2.16. The molecule has 1 saturated heterocycles. The highest BCUT2D eigenvalue weighted by atomic mass is 32.2. The highest BCUT2D eigenvalue weighted by Gasteiger charge is 2.22. The Bertz CT molecular complexity index is 353. The van der Waals surface area contributed by atoms with Crippen LogP contribution >= 0.6 is 11.8 Å². The molecule has 0 radical (unpaired) electrons. The number of hydrogen-bond donors (Lipinski definition) is 1. The molecular formula is C12H21N3O2S. The van der Waals surface area contributed by atoms with Crippen molar-refractivity contribution in [2.45, 2.75) is 32.3 Å². The molecule has 1 aliphatic rings. The molecule has 1 aromatic rings. The summed E-state index contributed by atoms with van der Waals surface area (Å²) in [7, 11) is 0. The largest absolute Gasteiger partial charge is 0.368 e. The van der Waals surface area contributed by atoms with E-state index in [1.54, 1.807) is 0 Å². The van der Waals surface area contributed by atoms with Crippen molar-refractivity contribution >= 4 is 11.8 Å². The molecule has 102 valence electrons. The van der Waals surface area contributed by atoms with E-state index >= 15 is 0 Å². The van der Waals surface area contributed by atoms with Gasteiger partial charge in [0.2, 0.25) is 11.7 Å². The van der Waals surface area contributed by atoms with E-state index in [4.69, 9.17) is 15.0 Å². The first-order valence-electron chi connectivity index (χ1n) is 6.51. The van der Waals surface area contributed by atoms with Gasteiger partial charge in [0.25, 0.3) is 0 Å². The summed E-state index contributed by atoms with van der Waals surface area (Å²) in [4.78, 5) is 4.42.